The van der Waals surface area contributed by atoms with E-state index in [0.29, 0.717) is 24.7 Å². The molecule has 0 aliphatic heterocycles. The van der Waals surface area contributed by atoms with Gasteiger partial charge in [-0.05, 0) is 13.3 Å². The Morgan fingerprint density at radius 3 is 2.71 bits per heavy atom. The fraction of sp³-hybridized carbons (Fsp3) is 0.778. The molecule has 0 saturated heterocycles. The molecular formula is C9H17N3O2. The van der Waals surface area contributed by atoms with Crippen LogP contribution in [0.3, 0.4) is 0 Å². The summed E-state index contributed by atoms with van der Waals surface area (Å²) in [7, 11) is 1.64. The van der Waals surface area contributed by atoms with Gasteiger partial charge in [0, 0.05) is 20.1 Å². The van der Waals surface area contributed by atoms with Crippen molar-refractivity contribution < 1.29 is 9.15 Å². The topological polar surface area (TPSA) is 74.2 Å². The fourth-order valence-electron chi connectivity index (χ4n) is 1.07. The normalized spacial score (nSPS) is 15.4. The van der Waals surface area contributed by atoms with Gasteiger partial charge in [-0.1, -0.05) is 6.92 Å². The molecule has 0 fully saturated rings. The Hall–Kier alpha value is -0.940. The molecule has 80 valence electrons. The van der Waals surface area contributed by atoms with Crippen LogP contribution in [0.25, 0.3) is 0 Å². The maximum atomic E-state index is 5.44. The van der Waals surface area contributed by atoms with E-state index in [4.69, 9.17) is 14.9 Å². The maximum absolute atomic E-state index is 5.44. The molecule has 1 unspecified atom stereocenters. The quantitative estimate of drug-likeness (QED) is 0.760. The summed E-state index contributed by atoms with van der Waals surface area (Å²) in [4.78, 5) is 0. The van der Waals surface area contributed by atoms with Crippen molar-refractivity contribution in [3.05, 3.63) is 11.8 Å². The second-order valence-electron chi connectivity index (χ2n) is 3.33. The smallest absolute Gasteiger partial charge is 0.247 e. The number of methoxy groups -OCH3 is 1. The van der Waals surface area contributed by atoms with Crippen LogP contribution in [0.2, 0.25) is 0 Å². The number of rotatable bonds is 5. The molecule has 5 nitrogen and oxygen atoms in total. The first-order chi connectivity index (χ1) is 6.66. The average molecular weight is 199 g/mol. The third-order valence-corrected chi connectivity index (χ3v) is 2.40. The van der Waals surface area contributed by atoms with E-state index in [2.05, 4.69) is 10.2 Å². The summed E-state index contributed by atoms with van der Waals surface area (Å²) in [5.41, 5.74) is 4.90. The second-order valence-corrected chi connectivity index (χ2v) is 3.33. The summed E-state index contributed by atoms with van der Waals surface area (Å²) >= 11 is 0. The lowest BCUT2D eigenvalue weighted by atomic mass is 10.0. The third-order valence-electron chi connectivity index (χ3n) is 2.40. The molecule has 1 aromatic heterocycles. The summed E-state index contributed by atoms with van der Waals surface area (Å²) in [6.07, 6.45) is 1.39. The Bertz CT molecular complexity index is 281. The third kappa shape index (κ3) is 2.10. The van der Waals surface area contributed by atoms with Crippen molar-refractivity contribution in [2.24, 2.45) is 5.73 Å². The van der Waals surface area contributed by atoms with Crippen molar-refractivity contribution in [3.63, 3.8) is 0 Å². The molecule has 5 heteroatoms. The van der Waals surface area contributed by atoms with E-state index in [1.807, 2.05) is 13.8 Å². The van der Waals surface area contributed by atoms with Gasteiger partial charge in [-0.25, -0.2) is 0 Å². The molecule has 0 aliphatic carbocycles. The first-order valence-corrected chi connectivity index (χ1v) is 4.74. The van der Waals surface area contributed by atoms with Gasteiger partial charge in [0.15, 0.2) is 0 Å². The Morgan fingerprint density at radius 1 is 1.50 bits per heavy atom. The van der Waals surface area contributed by atoms with Crippen LogP contribution in [0.1, 0.15) is 32.0 Å². The van der Waals surface area contributed by atoms with Gasteiger partial charge in [-0.2, -0.15) is 0 Å². The molecule has 0 aromatic carbocycles. The lowest BCUT2D eigenvalue weighted by Crippen LogP contribution is -2.23. The van der Waals surface area contributed by atoms with Crippen molar-refractivity contribution in [1.82, 2.24) is 10.2 Å². The van der Waals surface area contributed by atoms with E-state index in [9.17, 15) is 0 Å². The highest BCUT2D eigenvalue weighted by atomic mass is 16.5. The van der Waals surface area contributed by atoms with Crippen molar-refractivity contribution in [2.45, 2.75) is 32.3 Å². The van der Waals surface area contributed by atoms with Gasteiger partial charge in [0.1, 0.15) is 5.60 Å². The molecule has 0 spiro atoms. The molecular weight excluding hydrogens is 182 g/mol. The van der Waals surface area contributed by atoms with Crippen molar-refractivity contribution in [3.8, 4) is 0 Å². The van der Waals surface area contributed by atoms with Gasteiger partial charge in [-0.3, -0.25) is 0 Å². The minimum absolute atomic E-state index is 0.486. The summed E-state index contributed by atoms with van der Waals surface area (Å²) < 4.78 is 10.8. The van der Waals surface area contributed by atoms with Crippen molar-refractivity contribution >= 4 is 0 Å². The fourth-order valence-corrected chi connectivity index (χ4v) is 1.07. The second kappa shape index (κ2) is 4.52. The molecule has 1 atom stereocenters. The molecule has 2 N–H and O–H groups in total. The number of aromatic nitrogens is 2. The molecule has 0 bridgehead atoms. The number of ether oxygens (including phenoxy) is 1. The molecule has 0 saturated carbocycles. The molecule has 14 heavy (non-hydrogen) atoms. The van der Waals surface area contributed by atoms with Crippen molar-refractivity contribution in [2.75, 3.05) is 13.7 Å². The van der Waals surface area contributed by atoms with E-state index in [1.54, 1.807) is 7.11 Å². The zero-order chi connectivity index (χ0) is 10.6. The lowest BCUT2D eigenvalue weighted by molar-refractivity contribution is -0.0242. The predicted octanol–water partition coefficient (Wildman–Crippen LogP) is 0.842. The highest BCUT2D eigenvalue weighted by Crippen LogP contribution is 2.26. The molecule has 0 amide bonds. The number of hydrogen-bond donors (Lipinski definition) is 1. The SMILES string of the molecule is CCC(C)(OC)c1nnc(CCN)o1. The molecule has 1 aromatic rings. The van der Waals surface area contributed by atoms with E-state index in [-0.39, 0.29) is 0 Å². The van der Waals surface area contributed by atoms with Crippen molar-refractivity contribution in [1.29, 1.82) is 0 Å². The first-order valence-electron chi connectivity index (χ1n) is 4.74. The van der Waals surface area contributed by atoms with Gasteiger partial charge in [0.25, 0.3) is 0 Å². The maximum Gasteiger partial charge on any atom is 0.247 e. The number of nitrogens with zero attached hydrogens (tertiary/aromatic N) is 2. The van der Waals surface area contributed by atoms with Gasteiger partial charge in [0.2, 0.25) is 11.8 Å². The predicted molar refractivity (Wildman–Crippen MR) is 51.7 cm³/mol. The highest BCUT2D eigenvalue weighted by molar-refractivity contribution is 4.95. The highest BCUT2D eigenvalue weighted by Gasteiger charge is 2.30. The summed E-state index contributed by atoms with van der Waals surface area (Å²) in [6.45, 7) is 4.44. The Labute approximate surface area is 83.6 Å². The number of hydrogen-bond acceptors (Lipinski definition) is 5. The van der Waals surface area contributed by atoms with Crippen LogP contribution in [-0.2, 0) is 16.8 Å². The monoisotopic (exact) mass is 199 g/mol. The van der Waals surface area contributed by atoms with E-state index < -0.39 is 5.60 Å². The van der Waals surface area contributed by atoms with Crippen LogP contribution in [0.4, 0.5) is 0 Å². The first kappa shape index (κ1) is 11.1. The van der Waals surface area contributed by atoms with E-state index in [0.717, 1.165) is 6.42 Å². The van der Waals surface area contributed by atoms with Crippen LogP contribution in [0, 0.1) is 0 Å². The summed E-state index contributed by atoms with van der Waals surface area (Å²) in [5.74, 6) is 1.09. The molecule has 1 heterocycles. The van der Waals surface area contributed by atoms with Gasteiger partial charge in [0.05, 0.1) is 0 Å². The van der Waals surface area contributed by atoms with Crippen LogP contribution in [-0.4, -0.2) is 23.9 Å². The molecule has 0 radical (unpaired) electrons. The molecule has 0 aliphatic rings. The Balaban J connectivity index is 2.84. The zero-order valence-corrected chi connectivity index (χ0v) is 8.91. The van der Waals surface area contributed by atoms with Crippen LogP contribution in [0.15, 0.2) is 4.42 Å². The van der Waals surface area contributed by atoms with Crippen LogP contribution < -0.4 is 5.73 Å². The van der Waals surface area contributed by atoms with Crippen LogP contribution in [0.5, 0.6) is 0 Å². The Kier molecular flexibility index (Phi) is 3.60. The van der Waals surface area contributed by atoms with E-state index in [1.165, 1.54) is 0 Å². The average Bonchev–Trinajstić information content (AvgIpc) is 2.66. The van der Waals surface area contributed by atoms with E-state index >= 15 is 0 Å². The van der Waals surface area contributed by atoms with Gasteiger partial charge < -0.3 is 14.9 Å². The minimum atomic E-state index is -0.486. The number of nitrogens with two attached hydrogens (primary N) is 1. The zero-order valence-electron chi connectivity index (χ0n) is 8.91. The lowest BCUT2D eigenvalue weighted by Gasteiger charge is -2.21. The minimum Gasteiger partial charge on any atom is -0.422 e. The van der Waals surface area contributed by atoms with Crippen LogP contribution >= 0.6 is 0 Å². The molecule has 1 rings (SSSR count). The largest absolute Gasteiger partial charge is 0.422 e. The Morgan fingerprint density at radius 2 is 2.21 bits per heavy atom. The summed E-state index contributed by atoms with van der Waals surface area (Å²) in [6, 6.07) is 0. The summed E-state index contributed by atoms with van der Waals surface area (Å²) in [5, 5.41) is 7.84. The standard InChI is InChI=1S/C9H17N3O2/c1-4-9(2,13-3)8-12-11-7(14-8)5-6-10/h4-6,10H2,1-3H3. The van der Waals surface area contributed by atoms with Gasteiger partial charge >= 0.3 is 0 Å². The van der Waals surface area contributed by atoms with Gasteiger partial charge in [-0.15, -0.1) is 10.2 Å².